The summed E-state index contributed by atoms with van der Waals surface area (Å²) in [5.74, 6) is 0.498. The number of fused-ring (bicyclic) bond motifs is 1. The van der Waals surface area contributed by atoms with Gasteiger partial charge >= 0.3 is 0 Å². The lowest BCUT2D eigenvalue weighted by Crippen LogP contribution is -2.42. The summed E-state index contributed by atoms with van der Waals surface area (Å²) in [5.41, 5.74) is 0.770. The lowest BCUT2D eigenvalue weighted by Gasteiger charge is -2.31. The third-order valence-corrected chi connectivity index (χ3v) is 3.93. The van der Waals surface area contributed by atoms with Gasteiger partial charge in [0.1, 0.15) is 5.58 Å². The molecule has 0 radical (unpaired) electrons. The van der Waals surface area contributed by atoms with Crippen molar-refractivity contribution in [2.75, 3.05) is 26.2 Å². The Morgan fingerprint density at radius 3 is 3.10 bits per heavy atom. The minimum Gasteiger partial charge on any atom is -0.453 e. The van der Waals surface area contributed by atoms with Crippen molar-refractivity contribution in [1.82, 2.24) is 4.90 Å². The summed E-state index contributed by atoms with van der Waals surface area (Å²) in [6.45, 7) is 4.94. The minimum absolute atomic E-state index is 0.0448. The maximum Gasteiger partial charge on any atom is 0.211 e. The number of hydrogen-bond donors (Lipinski definition) is 0. The molecule has 1 aliphatic rings. The number of piperidine rings is 1. The first-order chi connectivity index (χ1) is 10.3. The molecule has 1 aromatic heterocycles. The Morgan fingerprint density at radius 2 is 2.29 bits per heavy atom. The zero-order valence-electron chi connectivity index (χ0n) is 12.4. The highest BCUT2D eigenvalue weighted by Crippen LogP contribution is 2.20. The average molecular weight is 287 g/mol. The van der Waals surface area contributed by atoms with Crippen LogP contribution in [-0.4, -0.2) is 43.0 Å². The third kappa shape index (κ3) is 3.34. The second kappa shape index (κ2) is 6.41. The van der Waals surface area contributed by atoms with Crippen molar-refractivity contribution >= 4 is 16.8 Å². The van der Waals surface area contributed by atoms with Crippen molar-refractivity contribution in [1.29, 1.82) is 0 Å². The molecule has 0 amide bonds. The molecule has 1 aliphatic heterocycles. The molecule has 0 saturated carbocycles. The fraction of sp³-hybridized carbons (Fsp3) is 0.471. The van der Waals surface area contributed by atoms with Crippen LogP contribution in [0.3, 0.4) is 0 Å². The molecule has 3 rings (SSSR count). The number of ketones is 1. The van der Waals surface area contributed by atoms with Crippen LogP contribution >= 0.6 is 0 Å². The molecule has 0 N–H and O–H groups in total. The summed E-state index contributed by atoms with van der Waals surface area (Å²) in [4.78, 5) is 14.5. The lowest BCUT2D eigenvalue weighted by atomic mass is 10.1. The van der Waals surface area contributed by atoms with Crippen LogP contribution in [0.15, 0.2) is 34.7 Å². The molecule has 4 nitrogen and oxygen atoms in total. The molecule has 0 spiro atoms. The summed E-state index contributed by atoms with van der Waals surface area (Å²) < 4.78 is 11.3. The third-order valence-electron chi connectivity index (χ3n) is 3.93. The monoisotopic (exact) mass is 287 g/mol. The highest BCUT2D eigenvalue weighted by Gasteiger charge is 2.23. The number of rotatable bonds is 5. The van der Waals surface area contributed by atoms with Crippen molar-refractivity contribution in [2.24, 2.45) is 0 Å². The molecule has 21 heavy (non-hydrogen) atoms. The smallest absolute Gasteiger partial charge is 0.211 e. The van der Waals surface area contributed by atoms with Gasteiger partial charge in [-0.25, -0.2) is 0 Å². The summed E-state index contributed by atoms with van der Waals surface area (Å²) >= 11 is 0. The van der Waals surface area contributed by atoms with Gasteiger partial charge in [-0.2, -0.15) is 0 Å². The maximum atomic E-state index is 12.4. The van der Waals surface area contributed by atoms with Gasteiger partial charge in [-0.05, 0) is 38.4 Å². The normalized spacial score (nSPS) is 20.0. The Bertz CT molecular complexity index is 584. The van der Waals surface area contributed by atoms with Crippen molar-refractivity contribution < 1.29 is 13.9 Å². The number of nitrogens with zero attached hydrogens (tertiary/aromatic N) is 1. The number of carbonyl (C=O) groups is 1. The molecular weight excluding hydrogens is 266 g/mol. The molecule has 0 aliphatic carbocycles. The number of hydrogen-bond acceptors (Lipinski definition) is 4. The number of Topliss-reactive ketones (excluding diaryl/α,β-unsaturated/α-hetero) is 1. The van der Waals surface area contributed by atoms with Gasteiger partial charge in [0.2, 0.25) is 5.78 Å². The molecule has 0 bridgehead atoms. The van der Waals surface area contributed by atoms with E-state index in [1.807, 2.05) is 37.3 Å². The van der Waals surface area contributed by atoms with Crippen molar-refractivity contribution in [3.63, 3.8) is 0 Å². The van der Waals surface area contributed by atoms with E-state index in [0.29, 0.717) is 12.3 Å². The van der Waals surface area contributed by atoms with E-state index < -0.39 is 0 Å². The molecule has 2 aromatic rings. The minimum atomic E-state index is 0.0448. The van der Waals surface area contributed by atoms with Crippen molar-refractivity contribution in [2.45, 2.75) is 25.9 Å². The van der Waals surface area contributed by atoms with E-state index >= 15 is 0 Å². The maximum absolute atomic E-state index is 12.4. The second-order valence-corrected chi connectivity index (χ2v) is 5.53. The fourth-order valence-corrected chi connectivity index (χ4v) is 2.93. The summed E-state index contributed by atoms with van der Waals surface area (Å²) in [5, 5.41) is 0.978. The van der Waals surface area contributed by atoms with Crippen LogP contribution in [0.4, 0.5) is 0 Å². The lowest BCUT2D eigenvalue weighted by molar-refractivity contribution is 0.00696. The van der Waals surface area contributed by atoms with Crippen LogP contribution < -0.4 is 0 Å². The van der Waals surface area contributed by atoms with Gasteiger partial charge in [-0.1, -0.05) is 18.2 Å². The van der Waals surface area contributed by atoms with E-state index in [1.165, 1.54) is 0 Å². The highest BCUT2D eigenvalue weighted by molar-refractivity contribution is 5.98. The number of ether oxygens (including phenoxy) is 1. The summed E-state index contributed by atoms with van der Waals surface area (Å²) in [6.07, 6.45) is 2.42. The fourth-order valence-electron chi connectivity index (χ4n) is 2.93. The zero-order chi connectivity index (χ0) is 14.7. The van der Waals surface area contributed by atoms with Gasteiger partial charge < -0.3 is 9.15 Å². The molecule has 2 heterocycles. The predicted octanol–water partition coefficient (Wildman–Crippen LogP) is 3.12. The first-order valence-electron chi connectivity index (χ1n) is 7.62. The Labute approximate surface area is 124 Å². The van der Waals surface area contributed by atoms with Gasteiger partial charge in [-0.3, -0.25) is 9.69 Å². The van der Waals surface area contributed by atoms with Gasteiger partial charge in [0, 0.05) is 18.5 Å². The number of likely N-dealkylation sites (tertiary alicyclic amines) is 1. The van der Waals surface area contributed by atoms with Gasteiger partial charge in [-0.15, -0.1) is 0 Å². The van der Waals surface area contributed by atoms with Crippen molar-refractivity contribution in [3.8, 4) is 0 Å². The average Bonchev–Trinajstić information content (AvgIpc) is 2.92. The number of carbonyl (C=O) groups excluding carboxylic acids is 1. The SMILES string of the molecule is CCOC1CCCN(CC(=O)c2cc3ccccc3o2)C1. The quantitative estimate of drug-likeness (QED) is 0.792. The second-order valence-electron chi connectivity index (χ2n) is 5.53. The molecule has 1 atom stereocenters. The first kappa shape index (κ1) is 14.3. The summed E-state index contributed by atoms with van der Waals surface area (Å²) in [7, 11) is 0. The standard InChI is InChI=1S/C17H21NO3/c1-2-20-14-7-5-9-18(11-14)12-15(19)17-10-13-6-3-4-8-16(13)21-17/h3-4,6,8,10,14H,2,5,7,9,11-12H2,1H3. The number of para-hydroxylation sites is 1. The summed E-state index contributed by atoms with van der Waals surface area (Å²) in [6, 6.07) is 9.54. The predicted molar refractivity (Wildman–Crippen MR) is 81.6 cm³/mol. The first-order valence-corrected chi connectivity index (χ1v) is 7.62. The van der Waals surface area contributed by atoms with Gasteiger partial charge in [0.15, 0.2) is 5.76 Å². The highest BCUT2D eigenvalue weighted by atomic mass is 16.5. The molecule has 1 fully saturated rings. The Morgan fingerprint density at radius 1 is 1.43 bits per heavy atom. The van der Waals surface area contributed by atoms with E-state index in [-0.39, 0.29) is 11.9 Å². The number of benzene rings is 1. The topological polar surface area (TPSA) is 42.7 Å². The van der Waals surface area contributed by atoms with Crippen LogP contribution in [0.2, 0.25) is 0 Å². The Kier molecular flexibility index (Phi) is 4.36. The van der Waals surface area contributed by atoms with Crippen LogP contribution in [-0.2, 0) is 4.74 Å². The van der Waals surface area contributed by atoms with E-state index in [1.54, 1.807) is 0 Å². The van der Waals surface area contributed by atoms with E-state index in [4.69, 9.17) is 9.15 Å². The molecule has 112 valence electrons. The Hall–Kier alpha value is -1.65. The number of furan rings is 1. The van der Waals surface area contributed by atoms with Gasteiger partial charge in [0.25, 0.3) is 0 Å². The molecule has 1 aromatic carbocycles. The molecular formula is C17H21NO3. The largest absolute Gasteiger partial charge is 0.453 e. The van der Waals surface area contributed by atoms with E-state index in [9.17, 15) is 4.79 Å². The van der Waals surface area contributed by atoms with Crippen LogP contribution in [0.25, 0.3) is 11.0 Å². The van der Waals surface area contributed by atoms with Crippen LogP contribution in [0.5, 0.6) is 0 Å². The van der Waals surface area contributed by atoms with Gasteiger partial charge in [0.05, 0.1) is 12.6 Å². The molecule has 4 heteroatoms. The Balaban J connectivity index is 1.65. The zero-order valence-corrected chi connectivity index (χ0v) is 12.4. The van der Waals surface area contributed by atoms with E-state index in [0.717, 1.165) is 43.5 Å². The van der Waals surface area contributed by atoms with Crippen molar-refractivity contribution in [3.05, 3.63) is 36.1 Å². The molecule has 1 unspecified atom stereocenters. The molecule has 1 saturated heterocycles. The van der Waals surface area contributed by atoms with Crippen LogP contribution in [0.1, 0.15) is 30.3 Å². The van der Waals surface area contributed by atoms with E-state index in [2.05, 4.69) is 4.90 Å². The van der Waals surface area contributed by atoms with Crippen LogP contribution in [0, 0.1) is 0 Å².